The van der Waals surface area contributed by atoms with Crippen molar-refractivity contribution >= 4 is 38.6 Å². The first-order valence-corrected chi connectivity index (χ1v) is 11.8. The Bertz CT molecular complexity index is 1270. The van der Waals surface area contributed by atoms with E-state index in [1.54, 1.807) is 11.3 Å². The van der Waals surface area contributed by atoms with E-state index in [0.29, 0.717) is 0 Å². The smallest absolute Gasteiger partial charge is 0.124 e. The van der Waals surface area contributed by atoms with Gasteiger partial charge in [-0.25, -0.2) is 0 Å². The van der Waals surface area contributed by atoms with Crippen LogP contribution in [0.15, 0.2) is 109 Å². The largest absolute Gasteiger partial charge is 0.327 e. The van der Waals surface area contributed by atoms with E-state index in [2.05, 4.69) is 108 Å². The monoisotopic (exact) mass is 437 g/mol. The zero-order valence-electron chi connectivity index (χ0n) is 17.2. The van der Waals surface area contributed by atoms with Crippen LogP contribution in [0.25, 0.3) is 21.2 Å². The lowest BCUT2D eigenvalue weighted by molar-refractivity contribution is 0.528. The molecule has 0 radical (unpaired) electrons. The maximum atomic E-state index is 6.05. The highest BCUT2D eigenvalue weighted by atomic mass is 32.1. The van der Waals surface area contributed by atoms with Gasteiger partial charge in [0.25, 0.3) is 0 Å². The van der Waals surface area contributed by atoms with E-state index in [4.69, 9.17) is 12.2 Å². The fraction of sp³-hybridized carbons (Fsp3) is 0.107. The van der Waals surface area contributed by atoms with Crippen molar-refractivity contribution in [2.75, 3.05) is 0 Å². The van der Waals surface area contributed by atoms with Gasteiger partial charge in [0.2, 0.25) is 0 Å². The summed E-state index contributed by atoms with van der Waals surface area (Å²) in [5.41, 5.74) is 4.94. The molecule has 1 nitrogen and oxygen atoms in total. The first-order valence-electron chi connectivity index (χ1n) is 10.6. The maximum absolute atomic E-state index is 6.05. The summed E-state index contributed by atoms with van der Waals surface area (Å²) in [5.74, 6) is 0. The van der Waals surface area contributed by atoms with Crippen LogP contribution < -0.4 is 0 Å². The molecule has 0 N–H and O–H groups in total. The average molecular weight is 438 g/mol. The molecule has 0 fully saturated rings. The SMILES string of the molecule is S=C(c1cc2ccc(-c3ccccc3)cc2s1)N(Cc1ccccc1)C1=CCCC=C1. The molecule has 0 saturated carbocycles. The van der Waals surface area contributed by atoms with Gasteiger partial charge in [-0.05, 0) is 53.1 Å². The minimum Gasteiger partial charge on any atom is -0.327 e. The summed E-state index contributed by atoms with van der Waals surface area (Å²) in [5, 5.41) is 1.25. The summed E-state index contributed by atoms with van der Waals surface area (Å²) < 4.78 is 1.27. The van der Waals surface area contributed by atoms with Crippen molar-refractivity contribution in [3.63, 3.8) is 0 Å². The van der Waals surface area contributed by atoms with E-state index < -0.39 is 0 Å². The normalized spacial score (nSPS) is 13.2. The van der Waals surface area contributed by atoms with Crippen LogP contribution in [-0.4, -0.2) is 9.89 Å². The van der Waals surface area contributed by atoms with Gasteiger partial charge in [-0.15, -0.1) is 11.3 Å². The van der Waals surface area contributed by atoms with E-state index in [9.17, 15) is 0 Å². The van der Waals surface area contributed by atoms with Crippen LogP contribution in [0.3, 0.4) is 0 Å². The van der Waals surface area contributed by atoms with Crippen molar-refractivity contribution < 1.29 is 0 Å². The topological polar surface area (TPSA) is 3.24 Å². The molecule has 152 valence electrons. The van der Waals surface area contributed by atoms with Crippen LogP contribution in [0.4, 0.5) is 0 Å². The van der Waals surface area contributed by atoms with E-state index in [-0.39, 0.29) is 0 Å². The summed E-state index contributed by atoms with van der Waals surface area (Å²) in [6, 6.07) is 30.0. The van der Waals surface area contributed by atoms with Gasteiger partial charge in [0.1, 0.15) is 4.99 Å². The highest BCUT2D eigenvalue weighted by Crippen LogP contribution is 2.32. The van der Waals surface area contributed by atoms with Gasteiger partial charge in [0.05, 0.1) is 4.88 Å². The molecule has 0 unspecified atom stereocenters. The molecule has 1 aromatic heterocycles. The van der Waals surface area contributed by atoms with Gasteiger partial charge < -0.3 is 4.90 Å². The highest BCUT2D eigenvalue weighted by Gasteiger charge is 2.18. The number of thiocarbonyl (C=S) groups is 1. The fourth-order valence-corrected chi connectivity index (χ4v) is 5.33. The summed E-state index contributed by atoms with van der Waals surface area (Å²) >= 11 is 7.83. The predicted molar refractivity (Wildman–Crippen MR) is 137 cm³/mol. The molecule has 0 spiro atoms. The van der Waals surface area contributed by atoms with E-state index in [1.165, 1.54) is 32.5 Å². The molecule has 1 aliphatic rings. The van der Waals surface area contributed by atoms with Crippen LogP contribution >= 0.6 is 23.6 Å². The van der Waals surface area contributed by atoms with Crippen molar-refractivity contribution in [2.45, 2.75) is 19.4 Å². The van der Waals surface area contributed by atoms with E-state index in [0.717, 1.165) is 29.3 Å². The Hall–Kier alpha value is -3.01. The molecule has 1 heterocycles. The Morgan fingerprint density at radius 2 is 1.61 bits per heavy atom. The summed E-state index contributed by atoms with van der Waals surface area (Å²) in [4.78, 5) is 4.32. The highest BCUT2D eigenvalue weighted by molar-refractivity contribution is 7.81. The number of nitrogens with zero attached hydrogens (tertiary/aromatic N) is 1. The second-order valence-corrected chi connectivity index (χ2v) is 9.19. The molecule has 1 aliphatic carbocycles. The van der Waals surface area contributed by atoms with E-state index >= 15 is 0 Å². The lowest BCUT2D eigenvalue weighted by Crippen LogP contribution is -2.28. The van der Waals surface area contributed by atoms with Gasteiger partial charge in [-0.1, -0.05) is 97.2 Å². The molecule has 31 heavy (non-hydrogen) atoms. The zero-order valence-corrected chi connectivity index (χ0v) is 18.8. The second kappa shape index (κ2) is 9.01. The number of fused-ring (bicyclic) bond motifs is 1. The third-order valence-electron chi connectivity index (χ3n) is 5.55. The number of rotatable bonds is 5. The van der Waals surface area contributed by atoms with Gasteiger partial charge in [-0.2, -0.15) is 0 Å². The summed E-state index contributed by atoms with van der Waals surface area (Å²) in [7, 11) is 0. The van der Waals surface area contributed by atoms with Gasteiger partial charge >= 0.3 is 0 Å². The number of allylic oxidation sites excluding steroid dienone is 3. The van der Waals surface area contributed by atoms with Crippen LogP contribution in [0.2, 0.25) is 0 Å². The molecule has 5 rings (SSSR count). The molecular formula is C28H23NS2. The lowest BCUT2D eigenvalue weighted by atomic mass is 10.0. The van der Waals surface area contributed by atoms with Crippen LogP contribution in [0, 0.1) is 0 Å². The lowest BCUT2D eigenvalue weighted by Gasteiger charge is -2.27. The van der Waals surface area contributed by atoms with Crippen LogP contribution in [-0.2, 0) is 6.54 Å². The van der Waals surface area contributed by atoms with Crippen LogP contribution in [0.1, 0.15) is 23.3 Å². The Kier molecular flexibility index (Phi) is 5.79. The minimum absolute atomic E-state index is 0.777. The third kappa shape index (κ3) is 4.39. The minimum atomic E-state index is 0.777. The Balaban J connectivity index is 1.49. The number of hydrogen-bond acceptors (Lipinski definition) is 2. The average Bonchev–Trinajstić information content (AvgIpc) is 3.27. The summed E-state index contributed by atoms with van der Waals surface area (Å²) in [6.07, 6.45) is 8.91. The van der Waals surface area contributed by atoms with Crippen molar-refractivity contribution in [1.82, 2.24) is 4.90 Å². The van der Waals surface area contributed by atoms with Crippen molar-refractivity contribution in [3.05, 3.63) is 119 Å². The predicted octanol–water partition coefficient (Wildman–Crippen LogP) is 7.98. The number of benzene rings is 3. The van der Waals surface area contributed by atoms with Gasteiger partial charge in [-0.3, -0.25) is 0 Å². The second-order valence-electron chi connectivity index (χ2n) is 7.71. The van der Waals surface area contributed by atoms with Crippen molar-refractivity contribution in [2.24, 2.45) is 0 Å². The molecule has 0 saturated heterocycles. The molecule has 3 aromatic carbocycles. The zero-order chi connectivity index (χ0) is 21.0. The Morgan fingerprint density at radius 1 is 0.839 bits per heavy atom. The molecular weight excluding hydrogens is 414 g/mol. The summed E-state index contributed by atoms with van der Waals surface area (Å²) in [6.45, 7) is 0.777. The first-order chi connectivity index (χ1) is 15.3. The van der Waals surface area contributed by atoms with Crippen LogP contribution in [0.5, 0.6) is 0 Å². The molecule has 0 bridgehead atoms. The standard InChI is InChI=1S/C28H23NS2/c30-28(29(25-14-8-3-9-15-25)20-21-10-4-1-5-11-21)27-19-24-17-16-23(18-26(24)31-27)22-12-6-2-7-13-22/h1-2,4-8,10-19H,3,9,20H2. The van der Waals surface area contributed by atoms with Crippen molar-refractivity contribution in [3.8, 4) is 11.1 Å². The van der Waals surface area contributed by atoms with Gasteiger partial charge in [0, 0.05) is 16.9 Å². The number of hydrogen-bond donors (Lipinski definition) is 0. The Morgan fingerprint density at radius 3 is 2.35 bits per heavy atom. The number of thiophene rings is 1. The molecule has 0 aliphatic heterocycles. The molecule has 0 amide bonds. The Labute approximate surface area is 193 Å². The first kappa shape index (κ1) is 19.9. The van der Waals surface area contributed by atoms with Gasteiger partial charge in [0.15, 0.2) is 0 Å². The molecule has 3 heteroatoms. The quantitative estimate of drug-likeness (QED) is 0.291. The fourth-order valence-electron chi connectivity index (χ4n) is 3.93. The van der Waals surface area contributed by atoms with Crippen molar-refractivity contribution in [1.29, 1.82) is 0 Å². The van der Waals surface area contributed by atoms with E-state index in [1.807, 2.05) is 0 Å². The maximum Gasteiger partial charge on any atom is 0.124 e. The third-order valence-corrected chi connectivity index (χ3v) is 7.23. The molecule has 0 atom stereocenters. The molecule has 4 aromatic rings.